The molecule has 1 aliphatic carbocycles. The molecule has 1 rings (SSSR count). The van der Waals surface area contributed by atoms with Gasteiger partial charge in [0.1, 0.15) is 0 Å². The van der Waals surface area contributed by atoms with Crippen LogP contribution in [0.3, 0.4) is 0 Å². The number of hydrogen-bond donors (Lipinski definition) is 1. The van der Waals surface area contributed by atoms with Gasteiger partial charge in [0.05, 0.1) is 0 Å². The standard InChI is InChI=1S/C12H21N/c1-3-5-6-7-12(11-8-9-11)13-10-4-2/h11-13H,4,6-10H2,1-2H3. The first kappa shape index (κ1) is 10.6. The van der Waals surface area contributed by atoms with Crippen LogP contribution in [-0.4, -0.2) is 12.6 Å². The highest BCUT2D eigenvalue weighted by molar-refractivity contribution is 4.97. The fourth-order valence-electron chi connectivity index (χ4n) is 1.69. The minimum atomic E-state index is 0.751. The van der Waals surface area contributed by atoms with Crippen LogP contribution in [0.25, 0.3) is 0 Å². The normalized spacial score (nSPS) is 17.7. The average Bonchev–Trinajstić information content (AvgIpc) is 2.94. The molecule has 1 aliphatic rings. The molecule has 1 heteroatoms. The van der Waals surface area contributed by atoms with Gasteiger partial charge in [-0.05, 0) is 45.1 Å². The Bertz CT molecular complexity index is 183. The van der Waals surface area contributed by atoms with E-state index in [1.807, 2.05) is 6.92 Å². The summed E-state index contributed by atoms with van der Waals surface area (Å²) in [5.74, 6) is 7.07. The lowest BCUT2D eigenvalue weighted by Gasteiger charge is -2.16. The minimum Gasteiger partial charge on any atom is -0.314 e. The van der Waals surface area contributed by atoms with E-state index in [2.05, 4.69) is 24.1 Å². The Morgan fingerprint density at radius 3 is 2.77 bits per heavy atom. The molecule has 0 aromatic rings. The Hall–Kier alpha value is -0.480. The van der Waals surface area contributed by atoms with Gasteiger partial charge in [-0.15, -0.1) is 11.8 Å². The van der Waals surface area contributed by atoms with Crippen LogP contribution in [0.5, 0.6) is 0 Å². The molecular formula is C12H21N. The van der Waals surface area contributed by atoms with E-state index in [0.717, 1.165) is 18.4 Å². The summed E-state index contributed by atoms with van der Waals surface area (Å²) in [4.78, 5) is 0. The molecule has 0 amide bonds. The quantitative estimate of drug-likeness (QED) is 0.618. The number of nitrogens with one attached hydrogen (secondary N) is 1. The molecule has 13 heavy (non-hydrogen) atoms. The summed E-state index contributed by atoms with van der Waals surface area (Å²) in [5.41, 5.74) is 0. The van der Waals surface area contributed by atoms with E-state index in [-0.39, 0.29) is 0 Å². The second kappa shape index (κ2) is 6.05. The molecule has 1 atom stereocenters. The summed E-state index contributed by atoms with van der Waals surface area (Å²) in [6.45, 7) is 5.31. The van der Waals surface area contributed by atoms with Crippen LogP contribution in [0.15, 0.2) is 0 Å². The van der Waals surface area contributed by atoms with Crippen LogP contribution < -0.4 is 5.32 Å². The molecule has 1 fully saturated rings. The molecule has 1 nitrogen and oxygen atoms in total. The lowest BCUT2D eigenvalue weighted by atomic mass is 10.1. The third kappa shape index (κ3) is 4.33. The molecule has 1 unspecified atom stereocenters. The molecule has 0 bridgehead atoms. The Balaban J connectivity index is 2.15. The smallest absolute Gasteiger partial charge is 0.0104 e. The van der Waals surface area contributed by atoms with E-state index in [0.29, 0.717) is 0 Å². The summed E-state index contributed by atoms with van der Waals surface area (Å²) in [7, 11) is 0. The summed E-state index contributed by atoms with van der Waals surface area (Å²) < 4.78 is 0. The van der Waals surface area contributed by atoms with Crippen LogP contribution in [0.1, 0.15) is 46.0 Å². The summed E-state index contributed by atoms with van der Waals surface area (Å²) in [5, 5.41) is 3.62. The molecule has 74 valence electrons. The molecule has 0 saturated heterocycles. The van der Waals surface area contributed by atoms with Gasteiger partial charge >= 0.3 is 0 Å². The van der Waals surface area contributed by atoms with E-state index in [4.69, 9.17) is 0 Å². The predicted octanol–water partition coefficient (Wildman–Crippen LogP) is 2.57. The zero-order valence-electron chi connectivity index (χ0n) is 8.90. The lowest BCUT2D eigenvalue weighted by molar-refractivity contribution is 0.440. The van der Waals surface area contributed by atoms with Crippen LogP contribution in [0.2, 0.25) is 0 Å². The zero-order chi connectivity index (χ0) is 9.52. The van der Waals surface area contributed by atoms with E-state index in [9.17, 15) is 0 Å². The lowest BCUT2D eigenvalue weighted by Crippen LogP contribution is -2.31. The van der Waals surface area contributed by atoms with Gasteiger partial charge in [-0.25, -0.2) is 0 Å². The van der Waals surface area contributed by atoms with Gasteiger partial charge in [-0.1, -0.05) is 6.92 Å². The molecule has 0 aliphatic heterocycles. The summed E-state index contributed by atoms with van der Waals surface area (Å²) in [6.07, 6.45) is 6.41. The minimum absolute atomic E-state index is 0.751. The maximum absolute atomic E-state index is 3.62. The largest absolute Gasteiger partial charge is 0.314 e. The van der Waals surface area contributed by atoms with E-state index >= 15 is 0 Å². The number of hydrogen-bond acceptors (Lipinski definition) is 1. The van der Waals surface area contributed by atoms with Gasteiger partial charge in [0.15, 0.2) is 0 Å². The van der Waals surface area contributed by atoms with Gasteiger partial charge in [0.2, 0.25) is 0 Å². The molecule has 0 aromatic carbocycles. The van der Waals surface area contributed by atoms with Crippen LogP contribution in [0, 0.1) is 17.8 Å². The molecule has 0 radical (unpaired) electrons. The highest BCUT2D eigenvalue weighted by Gasteiger charge is 2.29. The molecule has 1 saturated carbocycles. The van der Waals surface area contributed by atoms with Crippen molar-refractivity contribution in [2.45, 2.75) is 52.0 Å². The molecule has 0 spiro atoms. The van der Waals surface area contributed by atoms with Crippen molar-refractivity contribution >= 4 is 0 Å². The van der Waals surface area contributed by atoms with Crippen LogP contribution >= 0.6 is 0 Å². The molecule has 0 heterocycles. The zero-order valence-corrected chi connectivity index (χ0v) is 8.90. The maximum atomic E-state index is 3.62. The SMILES string of the molecule is CC#CCCC(NCCC)C1CC1. The van der Waals surface area contributed by atoms with Crippen molar-refractivity contribution < 1.29 is 0 Å². The highest BCUT2D eigenvalue weighted by atomic mass is 14.9. The second-order valence-electron chi connectivity index (χ2n) is 3.86. The van der Waals surface area contributed by atoms with E-state index in [1.165, 1.54) is 32.2 Å². The first-order valence-electron chi connectivity index (χ1n) is 5.51. The summed E-state index contributed by atoms with van der Waals surface area (Å²) in [6, 6.07) is 0.751. The van der Waals surface area contributed by atoms with Crippen molar-refractivity contribution in [3.8, 4) is 11.8 Å². The molecular weight excluding hydrogens is 158 g/mol. The van der Waals surface area contributed by atoms with Gasteiger partial charge < -0.3 is 5.32 Å². The van der Waals surface area contributed by atoms with Crippen molar-refractivity contribution in [3.63, 3.8) is 0 Å². The first-order chi connectivity index (χ1) is 6.38. The highest BCUT2D eigenvalue weighted by Crippen LogP contribution is 2.34. The Morgan fingerprint density at radius 2 is 2.23 bits per heavy atom. The van der Waals surface area contributed by atoms with Crippen molar-refractivity contribution in [1.82, 2.24) is 5.32 Å². The predicted molar refractivity (Wildman–Crippen MR) is 57.5 cm³/mol. The molecule has 1 N–H and O–H groups in total. The fourth-order valence-corrected chi connectivity index (χ4v) is 1.69. The Morgan fingerprint density at radius 1 is 1.46 bits per heavy atom. The topological polar surface area (TPSA) is 12.0 Å². The average molecular weight is 179 g/mol. The van der Waals surface area contributed by atoms with Crippen molar-refractivity contribution in [2.24, 2.45) is 5.92 Å². The van der Waals surface area contributed by atoms with Crippen molar-refractivity contribution in [3.05, 3.63) is 0 Å². The number of rotatable bonds is 6. The summed E-state index contributed by atoms with van der Waals surface area (Å²) >= 11 is 0. The van der Waals surface area contributed by atoms with Crippen molar-refractivity contribution in [2.75, 3.05) is 6.54 Å². The van der Waals surface area contributed by atoms with Gasteiger partial charge in [-0.3, -0.25) is 0 Å². The second-order valence-corrected chi connectivity index (χ2v) is 3.86. The van der Waals surface area contributed by atoms with E-state index < -0.39 is 0 Å². The van der Waals surface area contributed by atoms with Gasteiger partial charge in [0, 0.05) is 12.5 Å². The Kier molecular flexibility index (Phi) is 4.93. The van der Waals surface area contributed by atoms with Gasteiger partial charge in [0.25, 0.3) is 0 Å². The molecule has 0 aromatic heterocycles. The third-order valence-electron chi connectivity index (χ3n) is 2.60. The maximum Gasteiger partial charge on any atom is 0.0104 e. The monoisotopic (exact) mass is 179 g/mol. The first-order valence-corrected chi connectivity index (χ1v) is 5.51. The fraction of sp³-hybridized carbons (Fsp3) is 0.833. The van der Waals surface area contributed by atoms with Crippen LogP contribution in [0.4, 0.5) is 0 Å². The van der Waals surface area contributed by atoms with Crippen LogP contribution in [-0.2, 0) is 0 Å². The third-order valence-corrected chi connectivity index (χ3v) is 2.60. The Labute approximate surface area is 82.3 Å². The van der Waals surface area contributed by atoms with Crippen molar-refractivity contribution in [1.29, 1.82) is 0 Å². The van der Waals surface area contributed by atoms with E-state index in [1.54, 1.807) is 0 Å². The van der Waals surface area contributed by atoms with Gasteiger partial charge in [-0.2, -0.15) is 0 Å².